The van der Waals surface area contributed by atoms with Crippen molar-refractivity contribution in [3.05, 3.63) is 23.4 Å². The molecular formula is C8H7ClF3N3. The van der Waals surface area contributed by atoms with Gasteiger partial charge in [0.1, 0.15) is 0 Å². The first-order valence-corrected chi connectivity index (χ1v) is 4.37. The van der Waals surface area contributed by atoms with Gasteiger partial charge < -0.3 is 0 Å². The molecule has 0 bridgehead atoms. The van der Waals surface area contributed by atoms with Crippen molar-refractivity contribution in [3.63, 3.8) is 0 Å². The zero-order chi connectivity index (χ0) is 11.5. The first-order valence-electron chi connectivity index (χ1n) is 3.99. The topological polar surface area (TPSA) is 37.6 Å². The standard InChI is InChI=1S/C8H7ClF3N3/c1-5(8(10,11)12)14-15-7-6(9)3-2-4-13-7/h2-5H,1H3. The lowest BCUT2D eigenvalue weighted by Gasteiger charge is -2.08. The summed E-state index contributed by atoms with van der Waals surface area (Å²) in [5, 5.41) is 6.58. The summed E-state index contributed by atoms with van der Waals surface area (Å²) in [5.74, 6) is -0.0183. The normalized spacial score (nSPS) is 14.5. The van der Waals surface area contributed by atoms with Crippen molar-refractivity contribution in [2.45, 2.75) is 19.1 Å². The predicted molar refractivity (Wildman–Crippen MR) is 49.3 cm³/mol. The van der Waals surface area contributed by atoms with Gasteiger partial charge in [-0.05, 0) is 19.1 Å². The van der Waals surface area contributed by atoms with Gasteiger partial charge >= 0.3 is 6.18 Å². The van der Waals surface area contributed by atoms with Crippen LogP contribution in [0, 0.1) is 0 Å². The van der Waals surface area contributed by atoms with E-state index in [-0.39, 0.29) is 10.8 Å². The molecule has 0 saturated heterocycles. The van der Waals surface area contributed by atoms with E-state index in [1.54, 1.807) is 6.07 Å². The van der Waals surface area contributed by atoms with E-state index in [4.69, 9.17) is 11.6 Å². The zero-order valence-electron chi connectivity index (χ0n) is 7.66. The summed E-state index contributed by atoms with van der Waals surface area (Å²) in [7, 11) is 0. The Morgan fingerprint density at radius 2 is 2.13 bits per heavy atom. The third-order valence-electron chi connectivity index (χ3n) is 1.54. The molecular weight excluding hydrogens is 231 g/mol. The van der Waals surface area contributed by atoms with Crippen LogP contribution in [0.3, 0.4) is 0 Å². The average Bonchev–Trinajstić information content (AvgIpc) is 2.14. The van der Waals surface area contributed by atoms with Gasteiger partial charge in [0, 0.05) is 6.20 Å². The lowest BCUT2D eigenvalue weighted by Crippen LogP contribution is -2.22. The molecule has 7 heteroatoms. The molecule has 0 radical (unpaired) electrons. The second-order valence-electron chi connectivity index (χ2n) is 2.74. The highest BCUT2D eigenvalue weighted by molar-refractivity contribution is 6.32. The van der Waals surface area contributed by atoms with Crippen molar-refractivity contribution in [1.29, 1.82) is 0 Å². The molecule has 0 aliphatic heterocycles. The summed E-state index contributed by atoms with van der Waals surface area (Å²) in [6, 6.07) is 1.16. The summed E-state index contributed by atoms with van der Waals surface area (Å²) in [6.45, 7) is 0.903. The van der Waals surface area contributed by atoms with Crippen LogP contribution in [0.25, 0.3) is 0 Å². The monoisotopic (exact) mass is 237 g/mol. The van der Waals surface area contributed by atoms with Gasteiger partial charge in [-0.15, -0.1) is 5.11 Å². The Hall–Kier alpha value is -1.17. The molecule has 3 nitrogen and oxygen atoms in total. The fourth-order valence-electron chi connectivity index (χ4n) is 0.658. The SMILES string of the molecule is CC(N=Nc1ncccc1Cl)C(F)(F)F. The Bertz CT molecular complexity index is 364. The van der Waals surface area contributed by atoms with E-state index in [2.05, 4.69) is 15.2 Å². The molecule has 1 heterocycles. The van der Waals surface area contributed by atoms with Crippen LogP contribution in [0.15, 0.2) is 28.6 Å². The van der Waals surface area contributed by atoms with Crippen molar-refractivity contribution in [2.75, 3.05) is 0 Å². The second kappa shape index (κ2) is 4.57. The Morgan fingerprint density at radius 1 is 1.47 bits per heavy atom. The highest BCUT2D eigenvalue weighted by Crippen LogP contribution is 2.26. The first-order chi connectivity index (χ1) is 6.91. The fraction of sp³-hybridized carbons (Fsp3) is 0.375. The largest absolute Gasteiger partial charge is 0.412 e. The van der Waals surface area contributed by atoms with E-state index in [0.29, 0.717) is 0 Å². The molecule has 0 spiro atoms. The molecule has 1 aromatic heterocycles. The molecule has 0 aliphatic carbocycles. The van der Waals surface area contributed by atoms with Crippen molar-refractivity contribution >= 4 is 17.4 Å². The molecule has 82 valence electrons. The van der Waals surface area contributed by atoms with Crippen LogP contribution in [0.5, 0.6) is 0 Å². The Labute approximate surface area is 89.0 Å². The fourth-order valence-corrected chi connectivity index (χ4v) is 0.817. The zero-order valence-corrected chi connectivity index (χ0v) is 8.42. The molecule has 15 heavy (non-hydrogen) atoms. The van der Waals surface area contributed by atoms with Crippen LogP contribution in [-0.4, -0.2) is 17.2 Å². The van der Waals surface area contributed by atoms with Crippen molar-refractivity contribution in [2.24, 2.45) is 10.2 Å². The first kappa shape index (κ1) is 11.9. The summed E-state index contributed by atoms with van der Waals surface area (Å²) < 4.78 is 36.1. The van der Waals surface area contributed by atoms with Crippen LogP contribution in [-0.2, 0) is 0 Å². The quantitative estimate of drug-likeness (QED) is 0.722. The maximum Gasteiger partial charge on any atom is 0.412 e. The summed E-state index contributed by atoms with van der Waals surface area (Å²) in [5.41, 5.74) is 0. The van der Waals surface area contributed by atoms with E-state index in [1.807, 2.05) is 0 Å². The Balaban J connectivity index is 2.79. The van der Waals surface area contributed by atoms with Crippen LogP contribution >= 0.6 is 11.6 Å². The van der Waals surface area contributed by atoms with Crippen molar-refractivity contribution < 1.29 is 13.2 Å². The molecule has 1 rings (SSSR count). The van der Waals surface area contributed by atoms with Crippen LogP contribution in [0.2, 0.25) is 5.02 Å². The minimum atomic E-state index is -4.40. The van der Waals surface area contributed by atoms with Gasteiger partial charge in [-0.2, -0.15) is 18.3 Å². The minimum Gasteiger partial charge on any atom is -0.234 e. The van der Waals surface area contributed by atoms with E-state index < -0.39 is 12.2 Å². The van der Waals surface area contributed by atoms with Crippen LogP contribution < -0.4 is 0 Å². The number of rotatable bonds is 2. The van der Waals surface area contributed by atoms with Gasteiger partial charge in [-0.25, -0.2) is 4.98 Å². The third kappa shape index (κ3) is 3.47. The molecule has 1 atom stereocenters. The number of aromatic nitrogens is 1. The molecule has 0 aliphatic rings. The number of halogens is 4. The van der Waals surface area contributed by atoms with Gasteiger partial charge in [0.2, 0.25) is 0 Å². The van der Waals surface area contributed by atoms with Crippen molar-refractivity contribution in [3.8, 4) is 0 Å². The summed E-state index contributed by atoms with van der Waals surface area (Å²) >= 11 is 5.62. The molecule has 0 saturated carbocycles. The Morgan fingerprint density at radius 3 is 2.67 bits per heavy atom. The summed E-state index contributed by atoms with van der Waals surface area (Å²) in [6.07, 6.45) is -3.02. The van der Waals surface area contributed by atoms with Gasteiger partial charge in [0.25, 0.3) is 0 Å². The minimum absolute atomic E-state index is 0.0183. The highest BCUT2D eigenvalue weighted by atomic mass is 35.5. The van der Waals surface area contributed by atoms with E-state index in [9.17, 15) is 13.2 Å². The molecule has 0 N–H and O–H groups in total. The van der Waals surface area contributed by atoms with Gasteiger partial charge in [-0.3, -0.25) is 0 Å². The third-order valence-corrected chi connectivity index (χ3v) is 1.83. The number of azo groups is 1. The number of alkyl halides is 3. The summed E-state index contributed by atoms with van der Waals surface area (Å²) in [4.78, 5) is 3.67. The van der Waals surface area contributed by atoms with E-state index in [1.165, 1.54) is 12.3 Å². The average molecular weight is 238 g/mol. The van der Waals surface area contributed by atoms with Gasteiger partial charge in [0.05, 0.1) is 5.02 Å². The number of pyridine rings is 1. The smallest absolute Gasteiger partial charge is 0.234 e. The van der Waals surface area contributed by atoms with Crippen LogP contribution in [0.4, 0.5) is 19.0 Å². The molecule has 0 aromatic carbocycles. The predicted octanol–water partition coefficient (Wildman–Crippen LogP) is 3.77. The maximum absolute atomic E-state index is 12.0. The molecule has 1 aromatic rings. The second-order valence-corrected chi connectivity index (χ2v) is 3.15. The molecule has 0 amide bonds. The number of nitrogens with zero attached hydrogens (tertiary/aromatic N) is 3. The highest BCUT2D eigenvalue weighted by Gasteiger charge is 2.36. The van der Waals surface area contributed by atoms with Crippen molar-refractivity contribution in [1.82, 2.24) is 4.98 Å². The van der Waals surface area contributed by atoms with Crippen LogP contribution in [0.1, 0.15) is 6.92 Å². The van der Waals surface area contributed by atoms with E-state index >= 15 is 0 Å². The maximum atomic E-state index is 12.0. The Kier molecular flexibility index (Phi) is 3.62. The molecule has 0 fully saturated rings. The lowest BCUT2D eigenvalue weighted by atomic mass is 10.4. The lowest BCUT2D eigenvalue weighted by molar-refractivity contribution is -0.143. The number of hydrogen-bond donors (Lipinski definition) is 0. The number of hydrogen-bond acceptors (Lipinski definition) is 3. The van der Waals surface area contributed by atoms with Gasteiger partial charge in [-0.1, -0.05) is 11.6 Å². The van der Waals surface area contributed by atoms with Gasteiger partial charge in [0.15, 0.2) is 11.9 Å². The van der Waals surface area contributed by atoms with E-state index in [0.717, 1.165) is 6.92 Å². The molecule has 1 unspecified atom stereocenters.